The minimum Gasteiger partial charge on any atom is -0.494 e. The van der Waals surface area contributed by atoms with Gasteiger partial charge in [-0.25, -0.2) is 4.39 Å². The highest BCUT2D eigenvalue weighted by atomic mass is 19.1. The first-order valence-electron chi connectivity index (χ1n) is 6.27. The lowest BCUT2D eigenvalue weighted by atomic mass is 9.97. The van der Waals surface area contributed by atoms with Gasteiger partial charge in [-0.3, -0.25) is 19.7 Å². The largest absolute Gasteiger partial charge is 0.494 e. The van der Waals surface area contributed by atoms with Gasteiger partial charge in [-0.05, 0) is 32.0 Å². The SMILES string of the molecule is COc1ccc(C(=O)N2CC(=O)NC(=O)C2(C)C)cc1F. The van der Waals surface area contributed by atoms with Gasteiger partial charge in [0.1, 0.15) is 12.1 Å². The van der Waals surface area contributed by atoms with Crippen LogP contribution in [0.25, 0.3) is 0 Å². The third-order valence-corrected chi connectivity index (χ3v) is 3.43. The molecule has 7 heteroatoms. The van der Waals surface area contributed by atoms with E-state index in [0.29, 0.717) is 0 Å². The van der Waals surface area contributed by atoms with Crippen molar-refractivity contribution in [2.75, 3.05) is 13.7 Å². The van der Waals surface area contributed by atoms with Gasteiger partial charge in [-0.15, -0.1) is 0 Å². The van der Waals surface area contributed by atoms with Gasteiger partial charge >= 0.3 is 0 Å². The first-order valence-corrected chi connectivity index (χ1v) is 6.27. The average molecular weight is 294 g/mol. The predicted molar refractivity (Wildman–Crippen MR) is 71.2 cm³/mol. The number of benzene rings is 1. The molecule has 1 fully saturated rings. The number of nitrogens with zero attached hydrogens (tertiary/aromatic N) is 1. The van der Waals surface area contributed by atoms with Crippen molar-refractivity contribution < 1.29 is 23.5 Å². The van der Waals surface area contributed by atoms with E-state index in [9.17, 15) is 18.8 Å². The summed E-state index contributed by atoms with van der Waals surface area (Å²) < 4.78 is 18.5. The molecule has 0 bridgehead atoms. The summed E-state index contributed by atoms with van der Waals surface area (Å²) in [5.41, 5.74) is -1.15. The zero-order valence-corrected chi connectivity index (χ0v) is 11.9. The highest BCUT2D eigenvalue weighted by Gasteiger charge is 2.43. The fraction of sp³-hybridized carbons (Fsp3) is 0.357. The first-order chi connectivity index (χ1) is 9.77. The second-order valence-electron chi connectivity index (χ2n) is 5.18. The van der Waals surface area contributed by atoms with Gasteiger partial charge in [0, 0.05) is 5.56 Å². The second-order valence-corrected chi connectivity index (χ2v) is 5.18. The Labute approximate surface area is 120 Å². The molecule has 21 heavy (non-hydrogen) atoms. The van der Waals surface area contributed by atoms with Gasteiger partial charge in [-0.1, -0.05) is 0 Å². The number of ether oxygens (including phenoxy) is 1. The Morgan fingerprint density at radius 1 is 1.38 bits per heavy atom. The molecule has 3 amide bonds. The van der Waals surface area contributed by atoms with Crippen LogP contribution < -0.4 is 10.1 Å². The first kappa shape index (κ1) is 15.0. The van der Waals surface area contributed by atoms with Gasteiger partial charge < -0.3 is 9.64 Å². The van der Waals surface area contributed by atoms with E-state index in [1.54, 1.807) is 0 Å². The monoisotopic (exact) mass is 294 g/mol. The van der Waals surface area contributed by atoms with Crippen LogP contribution in [0.1, 0.15) is 24.2 Å². The van der Waals surface area contributed by atoms with Crippen LogP contribution in [0.2, 0.25) is 0 Å². The molecule has 0 unspecified atom stereocenters. The van der Waals surface area contributed by atoms with E-state index >= 15 is 0 Å². The molecule has 0 saturated carbocycles. The van der Waals surface area contributed by atoms with Crippen LogP contribution in [0.5, 0.6) is 5.75 Å². The molecule has 0 atom stereocenters. The van der Waals surface area contributed by atoms with Crippen molar-refractivity contribution in [3.05, 3.63) is 29.6 Å². The summed E-state index contributed by atoms with van der Waals surface area (Å²) in [6.45, 7) is 2.78. The molecule has 0 aliphatic carbocycles. The van der Waals surface area contributed by atoms with Crippen molar-refractivity contribution in [3.8, 4) is 5.75 Å². The van der Waals surface area contributed by atoms with E-state index in [1.165, 1.54) is 33.1 Å². The van der Waals surface area contributed by atoms with E-state index < -0.39 is 29.1 Å². The summed E-state index contributed by atoms with van der Waals surface area (Å²) in [6, 6.07) is 3.73. The minimum atomic E-state index is -1.19. The van der Waals surface area contributed by atoms with Crippen molar-refractivity contribution in [3.63, 3.8) is 0 Å². The Morgan fingerprint density at radius 3 is 2.62 bits per heavy atom. The number of halogens is 1. The van der Waals surface area contributed by atoms with Crippen molar-refractivity contribution in [1.82, 2.24) is 10.2 Å². The number of hydrogen-bond donors (Lipinski definition) is 1. The highest BCUT2D eigenvalue weighted by molar-refractivity contribution is 6.08. The van der Waals surface area contributed by atoms with E-state index in [2.05, 4.69) is 5.32 Å². The van der Waals surface area contributed by atoms with Crippen LogP contribution in [-0.4, -0.2) is 41.8 Å². The Hall–Kier alpha value is -2.44. The molecule has 1 aliphatic heterocycles. The number of methoxy groups -OCH3 is 1. The molecule has 1 aromatic rings. The molecular weight excluding hydrogens is 279 g/mol. The maximum absolute atomic E-state index is 13.7. The summed E-state index contributed by atoms with van der Waals surface area (Å²) in [5.74, 6) is -2.40. The van der Waals surface area contributed by atoms with Crippen molar-refractivity contribution >= 4 is 17.7 Å². The summed E-state index contributed by atoms with van der Waals surface area (Å²) in [5, 5.41) is 2.17. The molecule has 2 rings (SSSR count). The third kappa shape index (κ3) is 2.58. The standard InChI is InChI=1S/C14H15FN2O4/c1-14(2)13(20)16-11(18)7-17(14)12(19)8-4-5-10(21-3)9(15)6-8/h4-6H,7H2,1-3H3,(H,16,18,20). The quantitative estimate of drug-likeness (QED) is 0.815. The van der Waals surface area contributed by atoms with Gasteiger partial charge in [0.25, 0.3) is 11.8 Å². The van der Waals surface area contributed by atoms with Crippen molar-refractivity contribution in [1.29, 1.82) is 0 Å². The molecule has 1 N–H and O–H groups in total. The predicted octanol–water partition coefficient (Wildman–Crippen LogP) is 0.711. The average Bonchev–Trinajstić information content (AvgIpc) is 2.42. The van der Waals surface area contributed by atoms with Crippen LogP contribution >= 0.6 is 0 Å². The molecule has 1 aromatic carbocycles. The molecule has 1 heterocycles. The van der Waals surface area contributed by atoms with Crippen LogP contribution in [0.4, 0.5) is 4.39 Å². The molecule has 112 valence electrons. The lowest BCUT2D eigenvalue weighted by Gasteiger charge is -2.40. The van der Waals surface area contributed by atoms with Gasteiger partial charge in [0.05, 0.1) is 7.11 Å². The van der Waals surface area contributed by atoms with Gasteiger partial charge in [0.2, 0.25) is 5.91 Å². The number of hydrogen-bond acceptors (Lipinski definition) is 4. The Morgan fingerprint density at radius 2 is 2.05 bits per heavy atom. The molecule has 0 radical (unpaired) electrons. The van der Waals surface area contributed by atoms with E-state index in [4.69, 9.17) is 4.74 Å². The highest BCUT2D eigenvalue weighted by Crippen LogP contribution is 2.23. The second kappa shape index (κ2) is 5.16. The van der Waals surface area contributed by atoms with E-state index in [-0.39, 0.29) is 17.9 Å². The molecule has 1 aliphatic rings. The molecule has 0 aromatic heterocycles. The number of carbonyl (C=O) groups is 3. The minimum absolute atomic E-state index is 0.0123. The molecular formula is C14H15FN2O4. The smallest absolute Gasteiger partial charge is 0.255 e. The molecule has 6 nitrogen and oxygen atoms in total. The Balaban J connectivity index is 2.36. The zero-order valence-electron chi connectivity index (χ0n) is 11.9. The summed E-state index contributed by atoms with van der Waals surface area (Å²) in [6.07, 6.45) is 0. The maximum atomic E-state index is 13.7. The van der Waals surface area contributed by atoms with E-state index in [1.807, 2.05) is 0 Å². The number of carbonyl (C=O) groups excluding carboxylic acids is 3. The Bertz CT molecular complexity index is 627. The molecule has 1 saturated heterocycles. The van der Waals surface area contributed by atoms with Gasteiger partial charge in [0.15, 0.2) is 11.6 Å². The van der Waals surface area contributed by atoms with Crippen molar-refractivity contribution in [2.45, 2.75) is 19.4 Å². The van der Waals surface area contributed by atoms with Crippen LogP contribution in [0, 0.1) is 5.82 Å². The van der Waals surface area contributed by atoms with Crippen LogP contribution in [0.15, 0.2) is 18.2 Å². The number of nitrogens with one attached hydrogen (secondary N) is 1. The number of piperazine rings is 1. The number of rotatable bonds is 2. The fourth-order valence-corrected chi connectivity index (χ4v) is 2.06. The third-order valence-electron chi connectivity index (χ3n) is 3.43. The zero-order chi connectivity index (χ0) is 15.8. The van der Waals surface area contributed by atoms with Gasteiger partial charge in [-0.2, -0.15) is 0 Å². The van der Waals surface area contributed by atoms with Crippen LogP contribution in [0.3, 0.4) is 0 Å². The lowest BCUT2D eigenvalue weighted by molar-refractivity contribution is -0.143. The topological polar surface area (TPSA) is 75.7 Å². The summed E-state index contributed by atoms with van der Waals surface area (Å²) in [4.78, 5) is 36.8. The molecule has 0 spiro atoms. The summed E-state index contributed by atoms with van der Waals surface area (Å²) >= 11 is 0. The maximum Gasteiger partial charge on any atom is 0.255 e. The van der Waals surface area contributed by atoms with E-state index in [0.717, 1.165) is 11.0 Å². The number of amides is 3. The number of imide groups is 1. The lowest BCUT2D eigenvalue weighted by Crippen LogP contribution is -2.65. The fourth-order valence-electron chi connectivity index (χ4n) is 2.06. The summed E-state index contributed by atoms with van der Waals surface area (Å²) in [7, 11) is 1.32. The Kier molecular flexibility index (Phi) is 3.67. The van der Waals surface area contributed by atoms with Crippen LogP contribution in [-0.2, 0) is 9.59 Å². The van der Waals surface area contributed by atoms with Crippen molar-refractivity contribution in [2.24, 2.45) is 0 Å². The normalized spacial score (nSPS) is 17.4.